The van der Waals surface area contributed by atoms with E-state index in [-0.39, 0.29) is 6.61 Å². The molecule has 8 nitrogen and oxygen atoms in total. The zero-order valence-corrected chi connectivity index (χ0v) is 15.6. The van der Waals surface area contributed by atoms with E-state index in [2.05, 4.69) is 15.8 Å². The average molecular weight is 383 g/mol. The van der Waals surface area contributed by atoms with Gasteiger partial charge in [-0.15, -0.1) is 0 Å². The minimum absolute atomic E-state index is 0.271. The number of ether oxygens (including phenoxy) is 2. The van der Waals surface area contributed by atoms with Crippen molar-refractivity contribution in [2.24, 2.45) is 5.10 Å². The number of carbonyl (C=O) groups is 3. The molecule has 2 rings (SSSR count). The summed E-state index contributed by atoms with van der Waals surface area (Å²) in [5.74, 6) is -1.66. The summed E-state index contributed by atoms with van der Waals surface area (Å²) in [4.78, 5) is 35.4. The molecule has 0 saturated heterocycles. The first-order valence-electron chi connectivity index (χ1n) is 8.68. The maximum Gasteiger partial charge on any atom is 0.338 e. The van der Waals surface area contributed by atoms with Gasteiger partial charge in [0.15, 0.2) is 0 Å². The van der Waals surface area contributed by atoms with Crippen LogP contribution >= 0.6 is 0 Å². The van der Waals surface area contributed by atoms with Gasteiger partial charge in [-0.25, -0.2) is 10.2 Å². The van der Waals surface area contributed by atoms with Crippen molar-refractivity contribution in [3.05, 3.63) is 59.7 Å². The molecule has 0 radical (unpaired) electrons. The minimum Gasteiger partial charge on any atom is -0.493 e. The average Bonchev–Trinajstić information content (AvgIpc) is 2.70. The van der Waals surface area contributed by atoms with Crippen molar-refractivity contribution in [1.29, 1.82) is 0 Å². The molecule has 0 spiro atoms. The van der Waals surface area contributed by atoms with Crippen LogP contribution in [-0.4, -0.2) is 37.2 Å². The molecule has 146 valence electrons. The number of para-hydroxylation sites is 1. The molecule has 2 aromatic rings. The van der Waals surface area contributed by atoms with Gasteiger partial charge in [-0.1, -0.05) is 12.1 Å². The van der Waals surface area contributed by atoms with E-state index >= 15 is 0 Å². The van der Waals surface area contributed by atoms with E-state index in [0.29, 0.717) is 29.2 Å². The van der Waals surface area contributed by atoms with Gasteiger partial charge in [-0.2, -0.15) is 5.10 Å². The van der Waals surface area contributed by atoms with Gasteiger partial charge < -0.3 is 14.8 Å². The van der Waals surface area contributed by atoms with Crippen LogP contribution in [0.4, 0.5) is 5.69 Å². The summed E-state index contributed by atoms with van der Waals surface area (Å²) in [6.07, 6.45) is 1.39. The molecule has 0 fully saturated rings. The topological polar surface area (TPSA) is 106 Å². The Hall–Kier alpha value is -3.68. The standard InChI is InChI=1S/C20H21N3O5/c1-3-27-17-8-6-5-7-15(17)13-21-23-19(25)18(24)22-16-11-9-14(10-12-16)20(26)28-4-2/h5-13H,3-4H2,1-2H3,(H,22,24)(H,23,25)/b21-13+. The number of rotatable bonds is 7. The monoisotopic (exact) mass is 383 g/mol. The van der Waals surface area contributed by atoms with Crippen LogP contribution in [0.25, 0.3) is 0 Å². The van der Waals surface area contributed by atoms with E-state index in [1.807, 2.05) is 13.0 Å². The predicted molar refractivity (Wildman–Crippen MR) is 104 cm³/mol. The first kappa shape index (κ1) is 20.6. The van der Waals surface area contributed by atoms with Crippen LogP contribution < -0.4 is 15.5 Å². The Bertz CT molecular complexity index is 862. The highest BCUT2D eigenvalue weighted by molar-refractivity contribution is 6.39. The molecule has 0 aromatic heterocycles. The third-order valence-electron chi connectivity index (χ3n) is 3.45. The van der Waals surface area contributed by atoms with E-state index in [9.17, 15) is 14.4 Å². The van der Waals surface area contributed by atoms with Crippen LogP contribution in [0.3, 0.4) is 0 Å². The van der Waals surface area contributed by atoms with E-state index in [0.717, 1.165) is 0 Å². The molecule has 2 aromatic carbocycles. The second kappa shape index (κ2) is 10.5. The Kier molecular flexibility index (Phi) is 7.71. The lowest BCUT2D eigenvalue weighted by Crippen LogP contribution is -2.32. The maximum atomic E-state index is 11.9. The number of carbonyl (C=O) groups excluding carboxylic acids is 3. The zero-order chi connectivity index (χ0) is 20.4. The zero-order valence-electron chi connectivity index (χ0n) is 15.6. The first-order valence-corrected chi connectivity index (χ1v) is 8.68. The highest BCUT2D eigenvalue weighted by atomic mass is 16.5. The summed E-state index contributed by atoms with van der Waals surface area (Å²) < 4.78 is 10.3. The molecule has 0 heterocycles. The Balaban J connectivity index is 1.91. The fourth-order valence-corrected chi connectivity index (χ4v) is 2.18. The number of hydrogen-bond acceptors (Lipinski definition) is 6. The molecule has 2 N–H and O–H groups in total. The molecular weight excluding hydrogens is 362 g/mol. The maximum absolute atomic E-state index is 11.9. The Morgan fingerprint density at radius 2 is 1.68 bits per heavy atom. The van der Waals surface area contributed by atoms with Crippen LogP contribution in [0.1, 0.15) is 29.8 Å². The second-order valence-electron chi connectivity index (χ2n) is 5.42. The van der Waals surface area contributed by atoms with Crippen LogP contribution in [0.15, 0.2) is 53.6 Å². The molecule has 0 atom stereocenters. The van der Waals surface area contributed by atoms with Gasteiger partial charge in [0.1, 0.15) is 5.75 Å². The van der Waals surface area contributed by atoms with Gasteiger partial charge in [0.05, 0.1) is 25.0 Å². The van der Waals surface area contributed by atoms with Gasteiger partial charge in [0.2, 0.25) is 0 Å². The van der Waals surface area contributed by atoms with E-state index < -0.39 is 17.8 Å². The third-order valence-corrected chi connectivity index (χ3v) is 3.45. The summed E-state index contributed by atoms with van der Waals surface area (Å²) in [5, 5.41) is 6.20. The predicted octanol–water partition coefficient (Wildman–Crippen LogP) is 2.35. The lowest BCUT2D eigenvalue weighted by atomic mass is 10.2. The quantitative estimate of drug-likeness (QED) is 0.330. The third kappa shape index (κ3) is 5.94. The number of nitrogens with one attached hydrogen (secondary N) is 2. The summed E-state index contributed by atoms with van der Waals surface area (Å²) >= 11 is 0. The number of benzene rings is 2. The van der Waals surface area contributed by atoms with Gasteiger partial charge in [-0.05, 0) is 50.2 Å². The van der Waals surface area contributed by atoms with Crippen molar-refractivity contribution < 1.29 is 23.9 Å². The fraction of sp³-hybridized carbons (Fsp3) is 0.200. The fourth-order valence-electron chi connectivity index (χ4n) is 2.18. The Labute approximate surface area is 162 Å². The number of nitrogens with zero attached hydrogens (tertiary/aromatic N) is 1. The van der Waals surface area contributed by atoms with Gasteiger partial charge in [0.25, 0.3) is 0 Å². The van der Waals surface area contributed by atoms with Gasteiger partial charge in [-0.3, -0.25) is 9.59 Å². The second-order valence-corrected chi connectivity index (χ2v) is 5.42. The van der Waals surface area contributed by atoms with Crippen LogP contribution in [0.5, 0.6) is 5.75 Å². The van der Waals surface area contributed by atoms with Crippen LogP contribution in [0.2, 0.25) is 0 Å². The van der Waals surface area contributed by atoms with Crippen molar-refractivity contribution >= 4 is 29.7 Å². The van der Waals surface area contributed by atoms with Gasteiger partial charge in [0, 0.05) is 11.3 Å². The largest absolute Gasteiger partial charge is 0.493 e. The summed E-state index contributed by atoms with van der Waals surface area (Å²) in [5.41, 5.74) is 3.53. The van der Waals surface area contributed by atoms with Gasteiger partial charge >= 0.3 is 17.8 Å². The number of hydrogen-bond donors (Lipinski definition) is 2. The summed E-state index contributed by atoms with van der Waals surface area (Å²) in [7, 11) is 0. The van der Waals surface area contributed by atoms with E-state index in [1.54, 1.807) is 25.1 Å². The van der Waals surface area contributed by atoms with Crippen molar-refractivity contribution in [1.82, 2.24) is 5.43 Å². The lowest BCUT2D eigenvalue weighted by molar-refractivity contribution is -0.136. The highest BCUT2D eigenvalue weighted by Crippen LogP contribution is 2.15. The minimum atomic E-state index is -0.931. The van der Waals surface area contributed by atoms with E-state index in [1.165, 1.54) is 30.5 Å². The molecule has 0 aliphatic carbocycles. The lowest BCUT2D eigenvalue weighted by Gasteiger charge is -2.06. The Morgan fingerprint density at radius 1 is 0.964 bits per heavy atom. The first-order chi connectivity index (χ1) is 13.5. The smallest absolute Gasteiger partial charge is 0.338 e. The molecule has 0 aliphatic heterocycles. The summed E-state index contributed by atoms with van der Waals surface area (Å²) in [6.45, 7) is 4.34. The van der Waals surface area contributed by atoms with Crippen molar-refractivity contribution in [2.75, 3.05) is 18.5 Å². The SMILES string of the molecule is CCOC(=O)c1ccc(NC(=O)C(=O)N/N=C/c2ccccc2OCC)cc1. The highest BCUT2D eigenvalue weighted by Gasteiger charge is 2.13. The van der Waals surface area contributed by atoms with Crippen LogP contribution in [-0.2, 0) is 14.3 Å². The molecule has 0 unspecified atom stereocenters. The molecular formula is C20H21N3O5. The molecule has 0 saturated carbocycles. The number of anilines is 1. The van der Waals surface area contributed by atoms with Crippen molar-refractivity contribution in [2.45, 2.75) is 13.8 Å². The Morgan fingerprint density at radius 3 is 2.36 bits per heavy atom. The molecule has 28 heavy (non-hydrogen) atoms. The molecule has 2 amide bonds. The van der Waals surface area contributed by atoms with Crippen molar-refractivity contribution in [3.8, 4) is 5.75 Å². The van der Waals surface area contributed by atoms with E-state index in [4.69, 9.17) is 9.47 Å². The number of esters is 1. The normalized spacial score (nSPS) is 10.4. The number of hydrazone groups is 1. The van der Waals surface area contributed by atoms with Crippen LogP contribution in [0, 0.1) is 0 Å². The molecule has 8 heteroatoms. The van der Waals surface area contributed by atoms with Crippen molar-refractivity contribution in [3.63, 3.8) is 0 Å². The molecule has 0 bridgehead atoms. The molecule has 0 aliphatic rings. The number of amides is 2. The summed E-state index contributed by atoms with van der Waals surface area (Å²) in [6, 6.07) is 13.2.